The number of aliphatic hydroxyl groups is 2. The molecule has 0 aromatic heterocycles. The second-order valence-electron chi connectivity index (χ2n) is 8.59. The van der Waals surface area contributed by atoms with Crippen LogP contribution in [0, 0.1) is 6.92 Å². The van der Waals surface area contributed by atoms with Gasteiger partial charge in [-0.3, -0.25) is 0 Å². The van der Waals surface area contributed by atoms with Crippen LogP contribution < -0.4 is 10.1 Å². The van der Waals surface area contributed by atoms with Crippen molar-refractivity contribution in [3.63, 3.8) is 0 Å². The number of hydrogen-bond acceptors (Lipinski definition) is 5. The first-order valence-electron chi connectivity index (χ1n) is 12.4. The zero-order valence-corrected chi connectivity index (χ0v) is 19.7. The van der Waals surface area contributed by atoms with Crippen LogP contribution >= 0.6 is 0 Å². The minimum Gasteiger partial charge on any atom is -0.503 e. The van der Waals surface area contributed by atoms with Crippen LogP contribution in [0.3, 0.4) is 0 Å². The first-order chi connectivity index (χ1) is 15.1. The Kier molecular flexibility index (Phi) is 16.1. The maximum Gasteiger partial charge on any atom is 0.181 e. The molecule has 1 aromatic rings. The molecule has 0 aliphatic carbocycles. The van der Waals surface area contributed by atoms with Gasteiger partial charge in [0.15, 0.2) is 11.5 Å². The van der Waals surface area contributed by atoms with E-state index in [0.29, 0.717) is 30.9 Å². The van der Waals surface area contributed by atoms with E-state index >= 15 is 0 Å². The van der Waals surface area contributed by atoms with Crippen LogP contribution in [0.25, 0.3) is 0 Å². The van der Waals surface area contributed by atoms with Gasteiger partial charge in [0, 0.05) is 6.04 Å². The van der Waals surface area contributed by atoms with Gasteiger partial charge in [0.2, 0.25) is 0 Å². The Balaban J connectivity index is 2.19. The number of ether oxygens (including phenoxy) is 1. The van der Waals surface area contributed by atoms with E-state index in [1.807, 2.05) is 6.07 Å². The number of aromatic hydroxyl groups is 1. The SMILES string of the molecule is [CH2]CC(CC(O)CO)Nc1cccc(OCCCCCCCCCCCCCC)c1O. The topological polar surface area (TPSA) is 82.0 Å². The average Bonchev–Trinajstić information content (AvgIpc) is 2.78. The lowest BCUT2D eigenvalue weighted by molar-refractivity contribution is 0.0843. The molecule has 0 heterocycles. The molecule has 0 bridgehead atoms. The Labute approximate surface area is 190 Å². The summed E-state index contributed by atoms with van der Waals surface area (Å²) in [6.45, 7) is 6.44. The minimum atomic E-state index is -0.799. The van der Waals surface area contributed by atoms with Crippen LogP contribution in [0.2, 0.25) is 0 Å². The molecule has 0 spiro atoms. The summed E-state index contributed by atoms with van der Waals surface area (Å²) < 4.78 is 5.79. The fourth-order valence-corrected chi connectivity index (χ4v) is 3.75. The van der Waals surface area contributed by atoms with Gasteiger partial charge in [-0.1, -0.05) is 90.5 Å². The van der Waals surface area contributed by atoms with Crippen molar-refractivity contribution in [1.29, 1.82) is 0 Å². The molecule has 0 aliphatic heterocycles. The van der Waals surface area contributed by atoms with Crippen molar-refractivity contribution in [1.82, 2.24) is 0 Å². The Morgan fingerprint density at radius 3 is 2.06 bits per heavy atom. The number of unbranched alkanes of at least 4 members (excludes halogenated alkanes) is 11. The molecule has 4 N–H and O–H groups in total. The van der Waals surface area contributed by atoms with Crippen LogP contribution in [0.4, 0.5) is 5.69 Å². The number of hydrogen-bond donors (Lipinski definition) is 4. The van der Waals surface area contributed by atoms with Gasteiger partial charge >= 0.3 is 0 Å². The molecule has 1 rings (SSSR count). The number of aliphatic hydroxyl groups excluding tert-OH is 2. The highest BCUT2D eigenvalue weighted by Gasteiger charge is 2.15. The smallest absolute Gasteiger partial charge is 0.181 e. The second kappa shape index (κ2) is 18.1. The van der Waals surface area contributed by atoms with Crippen molar-refractivity contribution in [3.8, 4) is 11.5 Å². The van der Waals surface area contributed by atoms with E-state index in [1.165, 1.54) is 64.2 Å². The summed E-state index contributed by atoms with van der Waals surface area (Å²) in [7, 11) is 0. The first-order valence-corrected chi connectivity index (χ1v) is 12.4. The maximum atomic E-state index is 10.5. The third-order valence-corrected chi connectivity index (χ3v) is 5.73. The summed E-state index contributed by atoms with van der Waals surface area (Å²) in [4.78, 5) is 0. The van der Waals surface area contributed by atoms with Gasteiger partial charge in [0.05, 0.1) is 25.0 Å². The Morgan fingerprint density at radius 1 is 0.935 bits per heavy atom. The van der Waals surface area contributed by atoms with E-state index in [-0.39, 0.29) is 18.4 Å². The number of benzene rings is 1. The summed E-state index contributed by atoms with van der Waals surface area (Å²) in [5.41, 5.74) is 0.561. The Hall–Kier alpha value is -1.46. The van der Waals surface area contributed by atoms with Gasteiger partial charge in [-0.25, -0.2) is 0 Å². The van der Waals surface area contributed by atoms with Crippen LogP contribution in [0.15, 0.2) is 18.2 Å². The molecule has 1 radical (unpaired) electrons. The number of rotatable bonds is 20. The summed E-state index contributed by atoms with van der Waals surface area (Å²) in [6.07, 6.45) is 15.7. The van der Waals surface area contributed by atoms with Crippen LogP contribution in [-0.2, 0) is 0 Å². The molecule has 5 heteroatoms. The predicted molar refractivity (Wildman–Crippen MR) is 130 cm³/mol. The van der Waals surface area contributed by atoms with Crippen molar-refractivity contribution >= 4 is 5.69 Å². The summed E-state index contributed by atoms with van der Waals surface area (Å²) in [6, 6.07) is 5.24. The number of phenols is 1. The highest BCUT2D eigenvalue weighted by atomic mass is 16.5. The predicted octanol–water partition coefficient (Wildman–Crippen LogP) is 6.22. The Bertz CT molecular complexity index is 552. The molecule has 2 atom stereocenters. The molecule has 0 saturated carbocycles. The van der Waals surface area contributed by atoms with Crippen LogP contribution in [-0.4, -0.2) is 40.7 Å². The largest absolute Gasteiger partial charge is 0.503 e. The third kappa shape index (κ3) is 12.9. The van der Waals surface area contributed by atoms with E-state index in [2.05, 4.69) is 19.2 Å². The van der Waals surface area contributed by atoms with E-state index in [4.69, 9.17) is 9.84 Å². The summed E-state index contributed by atoms with van der Waals surface area (Å²) in [5.74, 6) is 0.553. The van der Waals surface area contributed by atoms with E-state index in [1.54, 1.807) is 12.1 Å². The minimum absolute atomic E-state index is 0.0818. The molecule has 31 heavy (non-hydrogen) atoms. The highest BCUT2D eigenvalue weighted by molar-refractivity contribution is 5.62. The number of anilines is 1. The quantitative estimate of drug-likeness (QED) is 0.144. The average molecular weight is 437 g/mol. The van der Waals surface area contributed by atoms with Crippen molar-refractivity contribution in [2.45, 2.75) is 109 Å². The molecule has 0 fully saturated rings. The number of para-hydroxylation sites is 1. The van der Waals surface area contributed by atoms with Gasteiger partial charge in [-0.2, -0.15) is 0 Å². The monoisotopic (exact) mass is 436 g/mol. The van der Waals surface area contributed by atoms with Gasteiger partial charge < -0.3 is 25.4 Å². The molecular formula is C26H46NO4. The molecule has 5 nitrogen and oxygen atoms in total. The fraction of sp³-hybridized carbons (Fsp3) is 0.731. The molecular weight excluding hydrogens is 390 g/mol. The number of nitrogens with one attached hydrogen (secondary N) is 1. The molecule has 0 saturated heterocycles. The molecule has 0 amide bonds. The molecule has 2 unspecified atom stereocenters. The lowest BCUT2D eigenvalue weighted by atomic mass is 10.1. The molecule has 179 valence electrons. The van der Waals surface area contributed by atoms with Crippen molar-refractivity contribution < 1.29 is 20.1 Å². The van der Waals surface area contributed by atoms with Crippen LogP contribution in [0.5, 0.6) is 11.5 Å². The third-order valence-electron chi connectivity index (χ3n) is 5.73. The second-order valence-corrected chi connectivity index (χ2v) is 8.59. The number of phenolic OH excluding ortho intramolecular Hbond substituents is 1. The van der Waals surface area contributed by atoms with Gasteiger partial charge in [0.25, 0.3) is 0 Å². The highest BCUT2D eigenvalue weighted by Crippen LogP contribution is 2.35. The maximum absolute atomic E-state index is 10.5. The van der Waals surface area contributed by atoms with Crippen molar-refractivity contribution in [2.75, 3.05) is 18.5 Å². The lowest BCUT2D eigenvalue weighted by Crippen LogP contribution is -2.26. The standard InChI is InChI=1S/C26H46NO4/c1-3-5-6-7-8-9-10-11-12-13-14-15-19-31-25-18-16-17-24(26(25)30)27-22(4-2)20-23(29)21-28/h16-18,22-23,27-30H,2-15,19-21H2,1H3. The van der Waals surface area contributed by atoms with Gasteiger partial charge in [-0.15, -0.1) is 0 Å². The van der Waals surface area contributed by atoms with E-state index in [0.717, 1.165) is 12.8 Å². The first kappa shape index (κ1) is 27.6. The van der Waals surface area contributed by atoms with Gasteiger partial charge in [0.1, 0.15) is 0 Å². The Morgan fingerprint density at radius 2 is 1.52 bits per heavy atom. The summed E-state index contributed by atoms with van der Waals surface area (Å²) in [5, 5.41) is 32.4. The molecule has 0 aliphatic rings. The van der Waals surface area contributed by atoms with Crippen LogP contribution in [0.1, 0.15) is 96.8 Å². The summed E-state index contributed by atoms with van der Waals surface area (Å²) >= 11 is 0. The zero-order valence-electron chi connectivity index (χ0n) is 19.7. The van der Waals surface area contributed by atoms with Gasteiger partial charge in [-0.05, 0) is 31.4 Å². The van der Waals surface area contributed by atoms with Crippen molar-refractivity contribution in [2.24, 2.45) is 0 Å². The zero-order chi connectivity index (χ0) is 22.7. The van der Waals surface area contributed by atoms with E-state index < -0.39 is 6.10 Å². The molecule has 1 aromatic carbocycles. The van der Waals surface area contributed by atoms with Crippen molar-refractivity contribution in [3.05, 3.63) is 25.1 Å². The van der Waals surface area contributed by atoms with E-state index in [9.17, 15) is 10.2 Å². The lowest BCUT2D eigenvalue weighted by Gasteiger charge is -2.21. The normalized spacial score (nSPS) is 13.2. The fourth-order valence-electron chi connectivity index (χ4n) is 3.75.